The third kappa shape index (κ3) is 2.83. The first-order chi connectivity index (χ1) is 9.02. The number of amides is 1. The van der Waals surface area contributed by atoms with E-state index in [4.69, 9.17) is 4.74 Å². The van der Waals surface area contributed by atoms with Gasteiger partial charge in [-0.25, -0.2) is 4.79 Å². The predicted octanol–water partition coefficient (Wildman–Crippen LogP) is 2.66. The second kappa shape index (κ2) is 5.51. The number of carbonyl (C=O) groups excluding carboxylic acids is 1. The van der Waals surface area contributed by atoms with Crippen LogP contribution in [0, 0.1) is 6.92 Å². The highest BCUT2D eigenvalue weighted by atomic mass is 16.5. The number of rotatable bonds is 1. The lowest BCUT2D eigenvalue weighted by Crippen LogP contribution is -2.58. The van der Waals surface area contributed by atoms with Crippen molar-refractivity contribution < 1.29 is 9.53 Å². The van der Waals surface area contributed by atoms with E-state index < -0.39 is 0 Å². The molecule has 1 aromatic carbocycles. The number of nitrogens with zero attached hydrogens (tertiary/aromatic N) is 2. The van der Waals surface area contributed by atoms with Gasteiger partial charge in [-0.1, -0.05) is 17.7 Å². The van der Waals surface area contributed by atoms with E-state index in [2.05, 4.69) is 49.9 Å². The van der Waals surface area contributed by atoms with Gasteiger partial charge in [0.25, 0.3) is 0 Å². The Balaban J connectivity index is 2.13. The summed E-state index contributed by atoms with van der Waals surface area (Å²) in [6.45, 7) is 7.89. The Morgan fingerprint density at radius 3 is 2.16 bits per heavy atom. The fourth-order valence-corrected chi connectivity index (χ4v) is 2.75. The average Bonchev–Trinajstić information content (AvgIpc) is 2.38. The van der Waals surface area contributed by atoms with Gasteiger partial charge in [-0.2, -0.15) is 0 Å². The third-order valence-corrected chi connectivity index (χ3v) is 3.70. The fourth-order valence-electron chi connectivity index (χ4n) is 2.75. The molecule has 0 bridgehead atoms. The van der Waals surface area contributed by atoms with Crippen LogP contribution in [0.3, 0.4) is 0 Å². The number of carbonyl (C=O) groups is 1. The van der Waals surface area contributed by atoms with Crippen LogP contribution >= 0.6 is 0 Å². The maximum absolute atomic E-state index is 11.8. The molecule has 0 aliphatic carbocycles. The molecule has 0 aromatic heterocycles. The molecule has 0 radical (unpaired) electrons. The van der Waals surface area contributed by atoms with E-state index in [0.29, 0.717) is 0 Å². The predicted molar refractivity (Wildman–Crippen MR) is 76.6 cm³/mol. The van der Waals surface area contributed by atoms with Crippen LogP contribution in [0.2, 0.25) is 0 Å². The zero-order chi connectivity index (χ0) is 14.0. The largest absolute Gasteiger partial charge is 0.453 e. The van der Waals surface area contributed by atoms with Crippen LogP contribution in [0.5, 0.6) is 0 Å². The standard InChI is InChI=1S/C15H22N2O2/c1-11-5-7-14(8-6-11)16-9-12(2)17(13(3)10-16)15(18)19-4/h5-8,12-13H,9-10H2,1-4H3/t12-,13+. The number of hydrogen-bond acceptors (Lipinski definition) is 3. The molecule has 1 aliphatic heterocycles. The van der Waals surface area contributed by atoms with Crippen molar-refractivity contribution >= 4 is 11.8 Å². The van der Waals surface area contributed by atoms with E-state index in [-0.39, 0.29) is 18.2 Å². The second-order valence-corrected chi connectivity index (χ2v) is 5.32. The molecule has 2 atom stereocenters. The lowest BCUT2D eigenvalue weighted by molar-refractivity contribution is 0.0820. The Labute approximate surface area is 115 Å². The number of piperazine rings is 1. The summed E-state index contributed by atoms with van der Waals surface area (Å²) < 4.78 is 4.86. The summed E-state index contributed by atoms with van der Waals surface area (Å²) in [5.74, 6) is 0. The molecule has 19 heavy (non-hydrogen) atoms. The quantitative estimate of drug-likeness (QED) is 0.780. The molecule has 1 fully saturated rings. The molecule has 1 aliphatic rings. The number of methoxy groups -OCH3 is 1. The van der Waals surface area contributed by atoms with Gasteiger partial charge in [0, 0.05) is 18.8 Å². The van der Waals surface area contributed by atoms with Gasteiger partial charge in [0.15, 0.2) is 0 Å². The molecular formula is C15H22N2O2. The van der Waals surface area contributed by atoms with E-state index in [9.17, 15) is 4.79 Å². The molecule has 4 heteroatoms. The van der Waals surface area contributed by atoms with Gasteiger partial charge in [0.05, 0.1) is 19.2 Å². The van der Waals surface area contributed by atoms with Crippen molar-refractivity contribution in [3.8, 4) is 0 Å². The molecule has 4 nitrogen and oxygen atoms in total. The summed E-state index contributed by atoms with van der Waals surface area (Å²) in [6.07, 6.45) is -0.233. The summed E-state index contributed by atoms with van der Waals surface area (Å²) in [7, 11) is 1.44. The van der Waals surface area contributed by atoms with Crippen LogP contribution in [-0.2, 0) is 4.74 Å². The number of ether oxygens (including phenoxy) is 1. The van der Waals surface area contributed by atoms with Gasteiger partial charge >= 0.3 is 6.09 Å². The molecule has 0 spiro atoms. The maximum Gasteiger partial charge on any atom is 0.410 e. The highest BCUT2D eigenvalue weighted by Crippen LogP contribution is 2.23. The Kier molecular flexibility index (Phi) is 3.98. The van der Waals surface area contributed by atoms with Crippen molar-refractivity contribution in [3.05, 3.63) is 29.8 Å². The molecule has 0 N–H and O–H groups in total. The Morgan fingerprint density at radius 1 is 1.16 bits per heavy atom. The minimum absolute atomic E-state index is 0.150. The van der Waals surface area contributed by atoms with Crippen LogP contribution in [0.4, 0.5) is 10.5 Å². The van der Waals surface area contributed by atoms with Crippen LogP contribution in [-0.4, -0.2) is 43.3 Å². The van der Waals surface area contributed by atoms with E-state index >= 15 is 0 Å². The SMILES string of the molecule is COC(=O)N1[C@H](C)CN(c2ccc(C)cc2)C[C@@H]1C. The van der Waals surface area contributed by atoms with Gasteiger partial charge in [-0.05, 0) is 32.9 Å². The molecule has 1 amide bonds. The highest BCUT2D eigenvalue weighted by molar-refractivity contribution is 5.69. The van der Waals surface area contributed by atoms with Crippen molar-refractivity contribution in [3.63, 3.8) is 0 Å². The van der Waals surface area contributed by atoms with E-state index in [0.717, 1.165) is 13.1 Å². The summed E-state index contributed by atoms with van der Waals surface area (Å²) in [6, 6.07) is 8.83. The molecule has 0 saturated carbocycles. The van der Waals surface area contributed by atoms with Crippen molar-refractivity contribution in [2.24, 2.45) is 0 Å². The maximum atomic E-state index is 11.8. The second-order valence-electron chi connectivity index (χ2n) is 5.32. The van der Waals surface area contributed by atoms with Crippen molar-refractivity contribution in [2.45, 2.75) is 32.9 Å². The van der Waals surface area contributed by atoms with Crippen molar-refractivity contribution in [2.75, 3.05) is 25.1 Å². The lowest BCUT2D eigenvalue weighted by atomic mass is 10.1. The summed E-state index contributed by atoms with van der Waals surface area (Å²) >= 11 is 0. The van der Waals surface area contributed by atoms with Gasteiger partial charge < -0.3 is 9.64 Å². The summed E-state index contributed by atoms with van der Waals surface area (Å²) in [4.78, 5) is 15.9. The molecule has 2 rings (SSSR count). The van der Waals surface area contributed by atoms with Crippen LogP contribution in [0.25, 0.3) is 0 Å². The highest BCUT2D eigenvalue weighted by Gasteiger charge is 2.33. The Hall–Kier alpha value is -1.71. The molecule has 1 aromatic rings. The van der Waals surface area contributed by atoms with E-state index in [1.807, 2.05) is 4.90 Å². The third-order valence-electron chi connectivity index (χ3n) is 3.70. The fraction of sp³-hybridized carbons (Fsp3) is 0.533. The first kappa shape index (κ1) is 13.7. The minimum Gasteiger partial charge on any atom is -0.453 e. The average molecular weight is 262 g/mol. The number of anilines is 1. The van der Waals surface area contributed by atoms with Crippen LogP contribution in [0.1, 0.15) is 19.4 Å². The summed E-state index contributed by atoms with van der Waals surface area (Å²) in [5.41, 5.74) is 2.48. The Bertz CT molecular complexity index is 432. The lowest BCUT2D eigenvalue weighted by Gasteiger charge is -2.44. The first-order valence-electron chi connectivity index (χ1n) is 6.71. The molecule has 1 saturated heterocycles. The normalized spacial score (nSPS) is 23.4. The smallest absolute Gasteiger partial charge is 0.410 e. The molecule has 0 unspecified atom stereocenters. The van der Waals surface area contributed by atoms with Gasteiger partial charge in [-0.3, -0.25) is 4.90 Å². The van der Waals surface area contributed by atoms with Gasteiger partial charge in [0.1, 0.15) is 0 Å². The number of aryl methyl sites for hydroxylation is 1. The number of hydrogen-bond donors (Lipinski definition) is 0. The number of benzene rings is 1. The van der Waals surface area contributed by atoms with Gasteiger partial charge in [0.2, 0.25) is 0 Å². The zero-order valence-corrected chi connectivity index (χ0v) is 12.1. The summed E-state index contributed by atoms with van der Waals surface area (Å²) in [5, 5.41) is 0. The molecule has 1 heterocycles. The van der Waals surface area contributed by atoms with Gasteiger partial charge in [-0.15, -0.1) is 0 Å². The molecular weight excluding hydrogens is 240 g/mol. The monoisotopic (exact) mass is 262 g/mol. The van der Waals surface area contributed by atoms with E-state index in [1.54, 1.807) is 0 Å². The topological polar surface area (TPSA) is 32.8 Å². The van der Waals surface area contributed by atoms with Crippen LogP contribution in [0.15, 0.2) is 24.3 Å². The van der Waals surface area contributed by atoms with Crippen molar-refractivity contribution in [1.29, 1.82) is 0 Å². The minimum atomic E-state index is -0.233. The van der Waals surface area contributed by atoms with Crippen LogP contribution < -0.4 is 4.90 Å². The van der Waals surface area contributed by atoms with Crippen molar-refractivity contribution in [1.82, 2.24) is 4.90 Å². The first-order valence-corrected chi connectivity index (χ1v) is 6.71. The Morgan fingerprint density at radius 2 is 1.68 bits per heavy atom. The van der Waals surface area contributed by atoms with E-state index in [1.165, 1.54) is 18.4 Å². The molecule has 104 valence electrons. The zero-order valence-electron chi connectivity index (χ0n) is 12.1.